The molecule has 1 amide bonds. The number of ether oxygens (including phenoxy) is 2. The van der Waals surface area contributed by atoms with Crippen molar-refractivity contribution in [2.45, 2.75) is 38.5 Å². The third-order valence-electron chi connectivity index (χ3n) is 5.76. The number of benzene rings is 1. The first-order valence-electron chi connectivity index (χ1n) is 11.0. The van der Waals surface area contributed by atoms with Gasteiger partial charge in [-0.15, -0.1) is 0 Å². The zero-order valence-corrected chi connectivity index (χ0v) is 20.1. The number of oxazole rings is 1. The summed E-state index contributed by atoms with van der Waals surface area (Å²) in [5.74, 6) is 0.0130. The minimum absolute atomic E-state index is 0.00481. The monoisotopic (exact) mass is 504 g/mol. The van der Waals surface area contributed by atoms with Crippen molar-refractivity contribution < 1.29 is 31.9 Å². The van der Waals surface area contributed by atoms with E-state index in [1.54, 1.807) is 11.0 Å². The fraction of sp³-hybridized carbons (Fsp3) is 0.391. The van der Waals surface area contributed by atoms with E-state index in [1.165, 1.54) is 19.2 Å². The van der Waals surface area contributed by atoms with Gasteiger partial charge in [-0.05, 0) is 44.0 Å². The summed E-state index contributed by atoms with van der Waals surface area (Å²) in [5.41, 5.74) is 5.19. The molecule has 0 saturated carbocycles. The molecule has 0 bridgehead atoms. The van der Waals surface area contributed by atoms with Crippen LogP contribution in [0, 0.1) is 0 Å². The maximum atomic E-state index is 13.4. The van der Waals surface area contributed by atoms with E-state index in [2.05, 4.69) is 19.8 Å². The zero-order valence-electron chi connectivity index (χ0n) is 19.1. The smallest absolute Gasteiger partial charge is 0.433 e. The zero-order chi connectivity index (χ0) is 25.3. The Bertz CT molecular complexity index is 1280. The molecule has 184 valence electrons. The van der Waals surface area contributed by atoms with Gasteiger partial charge < -0.3 is 24.5 Å². The van der Waals surface area contributed by atoms with Crippen molar-refractivity contribution in [1.82, 2.24) is 14.9 Å². The van der Waals surface area contributed by atoms with Crippen LogP contribution in [0.3, 0.4) is 0 Å². The predicted molar refractivity (Wildman–Crippen MR) is 123 cm³/mol. The summed E-state index contributed by atoms with van der Waals surface area (Å²) >= 11 is 0. The lowest BCUT2D eigenvalue weighted by atomic mass is 10.1. The first kappa shape index (κ1) is 24.9. The second-order valence-electron chi connectivity index (χ2n) is 7.85. The van der Waals surface area contributed by atoms with Crippen molar-refractivity contribution in [3.8, 4) is 17.2 Å². The minimum atomic E-state index is -4.62. The Kier molecular flexibility index (Phi) is 6.95. The van der Waals surface area contributed by atoms with E-state index in [1.807, 2.05) is 6.92 Å². The number of alkyl halides is 3. The number of rotatable bonds is 7. The lowest BCUT2D eigenvalue weighted by molar-refractivity contribution is -0.140. The molecule has 1 aliphatic heterocycles. The fourth-order valence-electron chi connectivity index (χ4n) is 4.14. The van der Waals surface area contributed by atoms with Crippen molar-refractivity contribution in [1.29, 1.82) is 0 Å². The van der Waals surface area contributed by atoms with Crippen LogP contribution in [0.2, 0.25) is 0 Å². The number of methoxy groups -OCH3 is 1. The Labute approximate surface area is 202 Å². The van der Waals surface area contributed by atoms with E-state index in [9.17, 15) is 18.0 Å². The number of amides is 1. The summed E-state index contributed by atoms with van der Waals surface area (Å²) in [6.07, 6.45) is -3.11. The number of hydrogen-bond donors (Lipinski definition) is 1. The Morgan fingerprint density at radius 1 is 1.29 bits per heavy atom. The number of nitrogens with two attached hydrogens (primary N) is 1. The normalized spacial score (nSPS) is 16.1. The molecule has 8 nitrogen and oxygen atoms in total. The topological polar surface area (TPSA) is 104 Å². The van der Waals surface area contributed by atoms with Crippen molar-refractivity contribution in [2.24, 2.45) is 5.73 Å². The summed E-state index contributed by atoms with van der Waals surface area (Å²) in [5, 5.41) is 0.886. The van der Waals surface area contributed by atoms with E-state index in [4.69, 9.17) is 19.6 Å². The largest absolute Gasteiger partial charge is 0.502 e. The second-order valence-corrected chi connectivity index (χ2v) is 8.35. The van der Waals surface area contributed by atoms with Crippen LogP contribution in [-0.2, 0) is 17.5 Å². The molecule has 2 aromatic heterocycles. The van der Waals surface area contributed by atoms with Gasteiger partial charge in [-0.2, -0.15) is 13.2 Å². The van der Waals surface area contributed by atoms with Crippen LogP contribution in [0.5, 0.6) is 5.75 Å². The van der Waals surface area contributed by atoms with Gasteiger partial charge in [0.2, 0.25) is 5.89 Å². The molecule has 2 radical (unpaired) electrons. The molecular weight excluding hydrogens is 481 g/mol. The molecule has 0 aliphatic carbocycles. The van der Waals surface area contributed by atoms with E-state index in [-0.39, 0.29) is 47.1 Å². The Morgan fingerprint density at radius 3 is 2.71 bits per heavy atom. The Hall–Kier alpha value is -3.25. The summed E-state index contributed by atoms with van der Waals surface area (Å²) in [6, 6.07) is 4.95. The van der Waals surface area contributed by atoms with Crippen LogP contribution in [0.25, 0.3) is 22.4 Å². The van der Waals surface area contributed by atoms with Crippen LogP contribution >= 0.6 is 0 Å². The first-order chi connectivity index (χ1) is 16.7. The number of carbonyl (C=O) groups excluding carboxylic acids is 1. The number of aromatic nitrogens is 2. The van der Waals surface area contributed by atoms with Gasteiger partial charge in [0.1, 0.15) is 17.0 Å². The molecule has 35 heavy (non-hydrogen) atoms. The number of hydrogen-bond acceptors (Lipinski definition) is 7. The molecule has 1 aromatic carbocycles. The molecule has 12 heteroatoms. The molecule has 4 rings (SSSR count). The van der Waals surface area contributed by atoms with Crippen LogP contribution < -0.4 is 10.5 Å². The highest BCUT2D eigenvalue weighted by atomic mass is 28.1. The van der Waals surface area contributed by atoms with Gasteiger partial charge in [-0.1, -0.05) is 0 Å². The maximum absolute atomic E-state index is 13.4. The molecule has 1 saturated heterocycles. The second kappa shape index (κ2) is 9.78. The third kappa shape index (κ3) is 4.67. The number of halogens is 3. The van der Waals surface area contributed by atoms with Crippen molar-refractivity contribution in [3.05, 3.63) is 41.4 Å². The lowest BCUT2D eigenvalue weighted by Crippen LogP contribution is -2.42. The average Bonchev–Trinajstić information content (AvgIpc) is 3.49. The predicted octanol–water partition coefficient (Wildman–Crippen LogP) is 3.32. The summed E-state index contributed by atoms with van der Waals surface area (Å²) in [4.78, 5) is 23.2. The fourth-order valence-corrected chi connectivity index (χ4v) is 4.59. The first-order valence-corrected chi connectivity index (χ1v) is 11.5. The van der Waals surface area contributed by atoms with Gasteiger partial charge in [0, 0.05) is 17.5 Å². The van der Waals surface area contributed by atoms with Crippen molar-refractivity contribution >= 4 is 32.0 Å². The number of pyridine rings is 1. The average molecular weight is 505 g/mol. The molecule has 0 spiro atoms. The SMILES string of the molecule is CCOC(=[Si])[C@@H]1CCCN1C(=O)c1nc(-c2ccc(OC)c3nc(C(F)(F)F)ccc23)oc1CN. The number of likely N-dealkylation sites (tertiary alicyclic amines) is 1. The molecule has 1 aliphatic rings. The minimum Gasteiger partial charge on any atom is -0.502 e. The van der Waals surface area contributed by atoms with Crippen molar-refractivity contribution in [2.75, 3.05) is 20.3 Å². The Morgan fingerprint density at radius 2 is 2.06 bits per heavy atom. The highest BCUT2D eigenvalue weighted by molar-refractivity contribution is 6.36. The quantitative estimate of drug-likeness (QED) is 0.493. The molecule has 3 aromatic rings. The molecule has 1 atom stereocenters. The van der Waals surface area contributed by atoms with Crippen LogP contribution in [0.1, 0.15) is 41.7 Å². The molecule has 2 N–H and O–H groups in total. The number of carbonyl (C=O) groups is 1. The summed E-state index contributed by atoms with van der Waals surface area (Å²) < 4.78 is 56.3. The van der Waals surface area contributed by atoms with Crippen LogP contribution in [-0.4, -0.2) is 62.3 Å². The highest BCUT2D eigenvalue weighted by Gasteiger charge is 2.36. The van der Waals surface area contributed by atoms with Gasteiger partial charge >= 0.3 is 6.18 Å². The summed E-state index contributed by atoms with van der Waals surface area (Å²) in [7, 11) is 4.82. The van der Waals surface area contributed by atoms with E-state index in [0.717, 1.165) is 18.9 Å². The Balaban J connectivity index is 1.77. The van der Waals surface area contributed by atoms with E-state index >= 15 is 0 Å². The molecular formula is C23H23F3N4O4Si. The molecule has 0 unspecified atom stereocenters. The van der Waals surface area contributed by atoms with Crippen molar-refractivity contribution in [3.63, 3.8) is 0 Å². The van der Waals surface area contributed by atoms with E-state index in [0.29, 0.717) is 29.5 Å². The highest BCUT2D eigenvalue weighted by Crippen LogP contribution is 2.37. The van der Waals surface area contributed by atoms with E-state index < -0.39 is 11.9 Å². The molecule has 1 fully saturated rings. The van der Waals surface area contributed by atoms with Gasteiger partial charge in [0.15, 0.2) is 11.5 Å². The van der Waals surface area contributed by atoms with Gasteiger partial charge in [-0.25, -0.2) is 9.97 Å². The maximum Gasteiger partial charge on any atom is 0.433 e. The van der Waals surface area contributed by atoms with Crippen LogP contribution in [0.15, 0.2) is 28.7 Å². The number of nitrogens with zero attached hydrogens (tertiary/aromatic N) is 3. The van der Waals surface area contributed by atoms with Crippen LogP contribution in [0.4, 0.5) is 13.2 Å². The van der Waals surface area contributed by atoms with Gasteiger partial charge in [0.25, 0.3) is 5.91 Å². The van der Waals surface area contributed by atoms with Gasteiger partial charge in [-0.3, -0.25) is 4.79 Å². The third-order valence-corrected chi connectivity index (χ3v) is 6.24. The standard InChI is InChI=1S/C23H23F3N4O4Si/c1-3-33-22(35)14-5-4-10-30(14)21(31)19-16(11-27)34-20(29-19)13-6-8-15(32-2)18-12(13)7-9-17(28-18)23(24,25)26/h6-9,14H,3-5,10-11,27H2,1-2H3/t14-/m0/s1. The van der Waals surface area contributed by atoms with Gasteiger partial charge in [0.05, 0.1) is 41.5 Å². The molecule has 3 heterocycles. The number of fused-ring (bicyclic) bond motifs is 1. The summed E-state index contributed by atoms with van der Waals surface area (Å²) in [6.45, 7) is 2.72. The lowest BCUT2D eigenvalue weighted by Gasteiger charge is -2.25.